The van der Waals surface area contributed by atoms with Gasteiger partial charge < -0.3 is 9.64 Å². The van der Waals surface area contributed by atoms with Crippen molar-refractivity contribution in [3.63, 3.8) is 0 Å². The van der Waals surface area contributed by atoms with Gasteiger partial charge in [0, 0.05) is 19.2 Å². The van der Waals surface area contributed by atoms with Gasteiger partial charge in [0.2, 0.25) is 0 Å². The molecule has 2 heterocycles. The number of hydrogen-bond donors (Lipinski definition) is 0. The minimum atomic E-state index is -0.412. The SMILES string of the molecule is O=[N+]([O-])c1cnc(Br)cc1N1CCOCC1. The molecule has 0 N–H and O–H groups in total. The summed E-state index contributed by atoms with van der Waals surface area (Å²) in [5, 5.41) is 10.9. The molecule has 1 aliphatic rings. The van der Waals surface area contributed by atoms with E-state index < -0.39 is 4.92 Å². The summed E-state index contributed by atoms with van der Waals surface area (Å²) in [7, 11) is 0. The predicted molar refractivity (Wildman–Crippen MR) is 61.6 cm³/mol. The van der Waals surface area contributed by atoms with Crippen LogP contribution >= 0.6 is 15.9 Å². The highest BCUT2D eigenvalue weighted by Crippen LogP contribution is 2.29. The van der Waals surface area contributed by atoms with E-state index in [2.05, 4.69) is 20.9 Å². The second-order valence-electron chi connectivity index (χ2n) is 3.35. The zero-order valence-corrected chi connectivity index (χ0v) is 10.0. The van der Waals surface area contributed by atoms with E-state index in [-0.39, 0.29) is 5.69 Å². The topological polar surface area (TPSA) is 68.5 Å². The largest absolute Gasteiger partial charge is 0.378 e. The maximum atomic E-state index is 10.9. The average molecular weight is 288 g/mol. The molecule has 0 atom stereocenters. The normalized spacial score (nSPS) is 16.2. The van der Waals surface area contributed by atoms with Gasteiger partial charge in [0.05, 0.1) is 18.1 Å². The van der Waals surface area contributed by atoms with Crippen molar-refractivity contribution < 1.29 is 9.66 Å². The molecule has 0 radical (unpaired) electrons. The molecule has 1 aromatic rings. The third-order valence-corrected chi connectivity index (χ3v) is 2.81. The first-order valence-corrected chi connectivity index (χ1v) is 5.60. The molecule has 2 rings (SSSR count). The van der Waals surface area contributed by atoms with E-state index >= 15 is 0 Å². The van der Waals surface area contributed by atoms with Gasteiger partial charge in [-0.25, -0.2) is 4.98 Å². The molecular weight excluding hydrogens is 278 g/mol. The van der Waals surface area contributed by atoms with Gasteiger partial charge in [-0.05, 0) is 15.9 Å². The quantitative estimate of drug-likeness (QED) is 0.469. The number of anilines is 1. The Bertz CT molecular complexity index is 407. The summed E-state index contributed by atoms with van der Waals surface area (Å²) in [5.41, 5.74) is 0.625. The summed E-state index contributed by atoms with van der Waals surface area (Å²) in [4.78, 5) is 16.3. The zero-order valence-electron chi connectivity index (χ0n) is 8.43. The van der Waals surface area contributed by atoms with E-state index in [0.717, 1.165) is 0 Å². The van der Waals surface area contributed by atoms with E-state index in [0.29, 0.717) is 36.6 Å². The highest BCUT2D eigenvalue weighted by atomic mass is 79.9. The Labute approximate surface area is 100 Å². The number of aromatic nitrogens is 1. The standard InChI is InChI=1S/C9H10BrN3O3/c10-9-5-7(8(6-11-9)13(14)15)12-1-3-16-4-2-12/h5-6H,1-4H2. The molecule has 0 spiro atoms. The number of ether oxygens (including phenoxy) is 1. The Kier molecular flexibility index (Phi) is 3.35. The van der Waals surface area contributed by atoms with Crippen molar-refractivity contribution in [2.45, 2.75) is 0 Å². The first-order valence-electron chi connectivity index (χ1n) is 4.81. The molecule has 0 aromatic carbocycles. The van der Waals surface area contributed by atoms with Crippen LogP contribution in [0.4, 0.5) is 11.4 Å². The van der Waals surface area contributed by atoms with Gasteiger partial charge in [0.25, 0.3) is 0 Å². The highest BCUT2D eigenvalue weighted by Gasteiger charge is 2.22. The van der Waals surface area contributed by atoms with Crippen LogP contribution in [-0.4, -0.2) is 36.2 Å². The molecule has 1 saturated heterocycles. The molecule has 0 amide bonds. The summed E-state index contributed by atoms with van der Waals surface area (Å²) in [6, 6.07) is 1.67. The van der Waals surface area contributed by atoms with Crippen molar-refractivity contribution in [2.75, 3.05) is 31.2 Å². The fourth-order valence-corrected chi connectivity index (χ4v) is 1.93. The number of halogens is 1. The van der Waals surface area contributed by atoms with E-state index in [4.69, 9.17) is 4.74 Å². The lowest BCUT2D eigenvalue weighted by molar-refractivity contribution is -0.384. The Morgan fingerprint density at radius 3 is 2.81 bits per heavy atom. The molecular formula is C9H10BrN3O3. The van der Waals surface area contributed by atoms with Crippen molar-refractivity contribution >= 4 is 27.3 Å². The number of pyridine rings is 1. The van der Waals surface area contributed by atoms with Crippen molar-refractivity contribution in [2.24, 2.45) is 0 Å². The lowest BCUT2D eigenvalue weighted by Gasteiger charge is -2.28. The summed E-state index contributed by atoms with van der Waals surface area (Å²) >= 11 is 3.22. The van der Waals surface area contributed by atoms with Gasteiger partial charge in [-0.2, -0.15) is 0 Å². The maximum absolute atomic E-state index is 10.9. The maximum Gasteiger partial charge on any atom is 0.310 e. The molecule has 1 fully saturated rings. The van der Waals surface area contributed by atoms with Gasteiger partial charge in [-0.1, -0.05) is 0 Å². The molecule has 86 valence electrons. The van der Waals surface area contributed by atoms with Crippen molar-refractivity contribution in [1.29, 1.82) is 0 Å². The van der Waals surface area contributed by atoms with E-state index in [1.165, 1.54) is 6.20 Å². The van der Waals surface area contributed by atoms with Gasteiger partial charge in [0.15, 0.2) is 0 Å². The van der Waals surface area contributed by atoms with E-state index in [1.807, 2.05) is 4.90 Å². The minimum absolute atomic E-state index is 0.0325. The molecule has 0 aliphatic carbocycles. The Morgan fingerprint density at radius 2 is 2.19 bits per heavy atom. The zero-order chi connectivity index (χ0) is 11.5. The van der Waals surface area contributed by atoms with E-state index in [1.54, 1.807) is 6.07 Å². The molecule has 6 nitrogen and oxygen atoms in total. The summed E-state index contributed by atoms with van der Waals surface area (Å²) in [6.45, 7) is 2.52. The average Bonchev–Trinajstić information content (AvgIpc) is 2.29. The Hall–Kier alpha value is -1.21. The number of morpholine rings is 1. The Morgan fingerprint density at radius 1 is 1.50 bits per heavy atom. The fourth-order valence-electron chi connectivity index (χ4n) is 1.61. The lowest BCUT2D eigenvalue weighted by Crippen LogP contribution is -2.36. The van der Waals surface area contributed by atoms with Crippen LogP contribution in [0.2, 0.25) is 0 Å². The predicted octanol–water partition coefficient (Wildman–Crippen LogP) is 1.59. The molecule has 0 bridgehead atoms. The fraction of sp³-hybridized carbons (Fsp3) is 0.444. The smallest absolute Gasteiger partial charge is 0.310 e. The van der Waals surface area contributed by atoms with Crippen molar-refractivity contribution in [1.82, 2.24) is 4.98 Å². The molecule has 0 saturated carbocycles. The molecule has 0 unspecified atom stereocenters. The van der Waals surface area contributed by atoms with Gasteiger partial charge in [-0.3, -0.25) is 10.1 Å². The second-order valence-corrected chi connectivity index (χ2v) is 4.16. The van der Waals surface area contributed by atoms with Crippen LogP contribution < -0.4 is 4.90 Å². The van der Waals surface area contributed by atoms with Crippen LogP contribution in [0.25, 0.3) is 0 Å². The summed E-state index contributed by atoms with van der Waals surface area (Å²) in [6.07, 6.45) is 1.27. The first-order chi connectivity index (χ1) is 7.68. The molecule has 1 aromatic heterocycles. The van der Waals surface area contributed by atoms with Crippen LogP contribution in [0.5, 0.6) is 0 Å². The van der Waals surface area contributed by atoms with Gasteiger partial charge >= 0.3 is 5.69 Å². The van der Waals surface area contributed by atoms with Gasteiger partial charge in [-0.15, -0.1) is 0 Å². The molecule has 16 heavy (non-hydrogen) atoms. The van der Waals surface area contributed by atoms with Crippen LogP contribution in [0.3, 0.4) is 0 Å². The monoisotopic (exact) mass is 287 g/mol. The number of hydrogen-bond acceptors (Lipinski definition) is 5. The van der Waals surface area contributed by atoms with E-state index in [9.17, 15) is 10.1 Å². The number of nitro groups is 1. The highest BCUT2D eigenvalue weighted by molar-refractivity contribution is 9.10. The molecule has 1 aliphatic heterocycles. The van der Waals surface area contributed by atoms with Crippen LogP contribution in [-0.2, 0) is 4.74 Å². The van der Waals surface area contributed by atoms with Gasteiger partial charge in [0.1, 0.15) is 16.5 Å². The number of rotatable bonds is 2. The number of nitrogens with zero attached hydrogens (tertiary/aromatic N) is 3. The van der Waals surface area contributed by atoms with Crippen molar-refractivity contribution in [3.8, 4) is 0 Å². The minimum Gasteiger partial charge on any atom is -0.378 e. The Balaban J connectivity index is 2.36. The third-order valence-electron chi connectivity index (χ3n) is 2.38. The van der Waals surface area contributed by atoms with Crippen molar-refractivity contribution in [3.05, 3.63) is 27.0 Å². The second kappa shape index (κ2) is 4.75. The first kappa shape index (κ1) is 11.3. The van der Waals surface area contributed by atoms with Crippen LogP contribution in [0.1, 0.15) is 0 Å². The third kappa shape index (κ3) is 2.30. The van der Waals surface area contributed by atoms with Crippen LogP contribution in [0.15, 0.2) is 16.9 Å². The molecule has 7 heteroatoms. The lowest BCUT2D eigenvalue weighted by atomic mass is 10.3. The van der Waals surface area contributed by atoms with Crippen LogP contribution in [0, 0.1) is 10.1 Å². The summed E-state index contributed by atoms with van der Waals surface area (Å²) in [5.74, 6) is 0. The summed E-state index contributed by atoms with van der Waals surface area (Å²) < 4.78 is 5.81.